The maximum Gasteiger partial charge on any atom is 0.409 e. The number of piperidine rings is 1. The Bertz CT molecular complexity index is 622. The van der Waals surface area contributed by atoms with E-state index in [-0.39, 0.29) is 41.9 Å². The van der Waals surface area contributed by atoms with Crippen molar-refractivity contribution in [2.45, 2.75) is 45.6 Å². The van der Waals surface area contributed by atoms with Crippen LogP contribution in [0, 0.1) is 5.82 Å². The maximum atomic E-state index is 13.2. The Labute approximate surface area is 184 Å². The number of aryl methyl sites for hydroxylation is 1. The second-order valence-electron chi connectivity index (χ2n) is 6.60. The van der Waals surface area contributed by atoms with Crippen molar-refractivity contribution < 1.29 is 13.9 Å². The molecule has 6 nitrogen and oxygen atoms in total. The van der Waals surface area contributed by atoms with Gasteiger partial charge in [0, 0.05) is 32.2 Å². The van der Waals surface area contributed by atoms with Gasteiger partial charge in [-0.15, -0.1) is 24.0 Å². The molecule has 0 spiro atoms. The minimum atomic E-state index is -0.228. The Morgan fingerprint density at radius 2 is 2.07 bits per heavy atom. The fourth-order valence-corrected chi connectivity index (χ4v) is 3.10. The van der Waals surface area contributed by atoms with E-state index in [2.05, 4.69) is 15.6 Å². The number of guanidine groups is 1. The summed E-state index contributed by atoms with van der Waals surface area (Å²) in [6, 6.07) is 7.00. The first kappa shape index (κ1) is 24.5. The molecule has 1 fully saturated rings. The lowest BCUT2D eigenvalue weighted by Gasteiger charge is -2.32. The number of nitrogens with zero attached hydrogens (tertiary/aromatic N) is 2. The lowest BCUT2D eigenvalue weighted by Crippen LogP contribution is -2.49. The molecular formula is C20H32FIN4O2. The molecule has 0 unspecified atom stereocenters. The molecule has 2 N–H and O–H groups in total. The second-order valence-corrected chi connectivity index (χ2v) is 6.60. The zero-order valence-corrected chi connectivity index (χ0v) is 19.1. The van der Waals surface area contributed by atoms with Gasteiger partial charge in [0.05, 0.1) is 6.61 Å². The van der Waals surface area contributed by atoms with Gasteiger partial charge < -0.3 is 20.3 Å². The molecular weight excluding hydrogens is 474 g/mol. The molecule has 1 aliphatic rings. The topological polar surface area (TPSA) is 66.0 Å². The van der Waals surface area contributed by atoms with E-state index in [1.165, 1.54) is 6.07 Å². The van der Waals surface area contributed by atoms with Crippen molar-refractivity contribution in [2.75, 3.05) is 32.8 Å². The molecule has 0 bridgehead atoms. The summed E-state index contributed by atoms with van der Waals surface area (Å²) in [5.41, 5.74) is 0.995. The van der Waals surface area contributed by atoms with Gasteiger partial charge in [0.15, 0.2) is 5.96 Å². The summed E-state index contributed by atoms with van der Waals surface area (Å²) in [4.78, 5) is 18.1. The highest BCUT2D eigenvalue weighted by atomic mass is 127. The molecule has 0 atom stereocenters. The standard InChI is InChI=1S/C20H31FN4O2.HI/c1-3-22-19(23-12-6-8-16-7-5-9-17(21)15-16)24-18-10-13-25(14-11-18)20(26)27-4-2;/h5,7,9,15,18H,3-4,6,8,10-14H2,1-2H3,(H2,22,23,24);1H. The quantitative estimate of drug-likeness (QED) is 0.257. The van der Waals surface area contributed by atoms with Gasteiger partial charge in [0.1, 0.15) is 5.82 Å². The Hall–Kier alpha value is -1.58. The van der Waals surface area contributed by atoms with Crippen molar-refractivity contribution in [3.63, 3.8) is 0 Å². The van der Waals surface area contributed by atoms with Crippen molar-refractivity contribution in [3.05, 3.63) is 35.6 Å². The number of halogens is 2. The highest BCUT2D eigenvalue weighted by Crippen LogP contribution is 2.11. The molecule has 0 radical (unpaired) electrons. The highest BCUT2D eigenvalue weighted by Gasteiger charge is 2.23. The van der Waals surface area contributed by atoms with E-state index in [0.29, 0.717) is 26.2 Å². The Kier molecular flexibility index (Phi) is 11.9. The zero-order valence-electron chi connectivity index (χ0n) is 16.7. The van der Waals surface area contributed by atoms with Crippen LogP contribution in [0.4, 0.5) is 9.18 Å². The molecule has 2 rings (SSSR count). The molecule has 1 heterocycles. The lowest BCUT2D eigenvalue weighted by atomic mass is 10.1. The van der Waals surface area contributed by atoms with E-state index < -0.39 is 0 Å². The molecule has 1 amide bonds. The van der Waals surface area contributed by atoms with Gasteiger partial charge in [-0.05, 0) is 57.2 Å². The number of hydrogen-bond donors (Lipinski definition) is 2. The van der Waals surface area contributed by atoms with Crippen molar-refractivity contribution >= 4 is 36.0 Å². The predicted molar refractivity (Wildman–Crippen MR) is 121 cm³/mol. The summed E-state index contributed by atoms with van der Waals surface area (Å²) >= 11 is 0. The number of carbonyl (C=O) groups is 1. The van der Waals surface area contributed by atoms with Gasteiger partial charge >= 0.3 is 6.09 Å². The third-order valence-electron chi connectivity index (χ3n) is 4.49. The van der Waals surface area contributed by atoms with Crippen LogP contribution in [0.1, 0.15) is 38.7 Å². The average molecular weight is 506 g/mol. The summed E-state index contributed by atoms with van der Waals surface area (Å²) in [6.07, 6.45) is 3.17. The largest absolute Gasteiger partial charge is 0.450 e. The fraction of sp³-hybridized carbons (Fsp3) is 0.600. The minimum Gasteiger partial charge on any atom is -0.450 e. The molecule has 1 saturated heterocycles. The summed E-state index contributed by atoms with van der Waals surface area (Å²) in [6.45, 7) is 7.10. The van der Waals surface area contributed by atoms with Gasteiger partial charge in [-0.1, -0.05) is 12.1 Å². The van der Waals surface area contributed by atoms with E-state index in [9.17, 15) is 9.18 Å². The minimum absolute atomic E-state index is 0. The van der Waals surface area contributed by atoms with Crippen molar-refractivity contribution in [1.82, 2.24) is 15.5 Å². The Balaban J connectivity index is 0.00000392. The maximum absolute atomic E-state index is 13.2. The summed E-state index contributed by atoms with van der Waals surface area (Å²) in [7, 11) is 0. The summed E-state index contributed by atoms with van der Waals surface area (Å²) < 4.78 is 18.3. The van der Waals surface area contributed by atoms with Crippen molar-refractivity contribution in [2.24, 2.45) is 4.99 Å². The van der Waals surface area contributed by atoms with Gasteiger partial charge in [-0.25, -0.2) is 9.18 Å². The molecule has 1 aromatic rings. The van der Waals surface area contributed by atoms with Crippen LogP contribution >= 0.6 is 24.0 Å². The number of ether oxygens (including phenoxy) is 1. The smallest absolute Gasteiger partial charge is 0.409 e. The number of likely N-dealkylation sites (tertiary alicyclic amines) is 1. The monoisotopic (exact) mass is 506 g/mol. The molecule has 28 heavy (non-hydrogen) atoms. The van der Waals surface area contributed by atoms with Gasteiger partial charge in [-0.3, -0.25) is 4.99 Å². The van der Waals surface area contributed by atoms with E-state index in [4.69, 9.17) is 4.74 Å². The van der Waals surface area contributed by atoms with Crippen molar-refractivity contribution in [3.8, 4) is 0 Å². The van der Waals surface area contributed by atoms with E-state index in [1.54, 1.807) is 17.0 Å². The number of amides is 1. The van der Waals surface area contributed by atoms with Crippen LogP contribution in [0.2, 0.25) is 0 Å². The van der Waals surface area contributed by atoms with Crippen LogP contribution in [0.3, 0.4) is 0 Å². The van der Waals surface area contributed by atoms with Crippen LogP contribution in [0.15, 0.2) is 29.3 Å². The number of hydrogen-bond acceptors (Lipinski definition) is 3. The highest BCUT2D eigenvalue weighted by molar-refractivity contribution is 14.0. The first-order valence-corrected chi connectivity index (χ1v) is 9.83. The van der Waals surface area contributed by atoms with E-state index >= 15 is 0 Å². The van der Waals surface area contributed by atoms with Crippen LogP contribution in [0.25, 0.3) is 0 Å². The third-order valence-corrected chi connectivity index (χ3v) is 4.49. The second kappa shape index (κ2) is 13.6. The van der Waals surface area contributed by atoms with Gasteiger partial charge in [0.2, 0.25) is 0 Å². The normalized spacial score (nSPS) is 15.0. The third kappa shape index (κ3) is 8.62. The molecule has 158 valence electrons. The molecule has 0 aromatic heterocycles. The Morgan fingerprint density at radius 1 is 1.32 bits per heavy atom. The Morgan fingerprint density at radius 3 is 2.71 bits per heavy atom. The molecule has 1 aliphatic heterocycles. The fourth-order valence-electron chi connectivity index (χ4n) is 3.10. The lowest BCUT2D eigenvalue weighted by molar-refractivity contribution is 0.0963. The molecule has 0 saturated carbocycles. The van der Waals surface area contributed by atoms with E-state index in [0.717, 1.165) is 43.8 Å². The first-order chi connectivity index (χ1) is 13.1. The summed E-state index contributed by atoms with van der Waals surface area (Å²) in [5.74, 6) is 0.603. The predicted octanol–water partition coefficient (Wildman–Crippen LogP) is 3.55. The molecule has 0 aliphatic carbocycles. The number of carbonyl (C=O) groups excluding carboxylic acids is 1. The number of nitrogens with one attached hydrogen (secondary N) is 2. The van der Waals surface area contributed by atoms with Gasteiger partial charge in [0.25, 0.3) is 0 Å². The zero-order chi connectivity index (χ0) is 19.5. The number of aliphatic imine (C=N–C) groups is 1. The molecule has 1 aromatic carbocycles. The van der Waals surface area contributed by atoms with Crippen LogP contribution in [-0.4, -0.2) is 55.8 Å². The first-order valence-electron chi connectivity index (χ1n) is 9.83. The summed E-state index contributed by atoms with van der Waals surface area (Å²) in [5, 5.41) is 6.72. The van der Waals surface area contributed by atoms with E-state index in [1.807, 2.05) is 19.9 Å². The SMILES string of the molecule is CCNC(=NCCCc1cccc(F)c1)NC1CCN(C(=O)OCC)CC1.I. The van der Waals surface area contributed by atoms with Crippen LogP contribution in [0.5, 0.6) is 0 Å². The van der Waals surface area contributed by atoms with Gasteiger partial charge in [-0.2, -0.15) is 0 Å². The average Bonchev–Trinajstić information content (AvgIpc) is 2.66. The molecule has 8 heteroatoms. The number of benzene rings is 1. The van der Waals surface area contributed by atoms with Crippen LogP contribution < -0.4 is 10.6 Å². The van der Waals surface area contributed by atoms with Crippen LogP contribution in [-0.2, 0) is 11.2 Å². The number of rotatable bonds is 7. The van der Waals surface area contributed by atoms with Crippen molar-refractivity contribution in [1.29, 1.82) is 0 Å².